The molecule has 0 bridgehead atoms. The molecular weight excluding hydrogens is 447 g/mol. The first-order chi connectivity index (χ1) is 15.1. The Morgan fingerprint density at radius 3 is 2.22 bits per heavy atom. The molecule has 3 rings (SSSR count). The molecule has 2 aliphatic heterocycles. The SMILES string of the molecule is O=C(CN1CCN(CCCOCC(F)(F)F)CC1)N(C1CCCCC1)C1CCS(=O)(=O)C1. The number of alkyl halides is 3. The summed E-state index contributed by atoms with van der Waals surface area (Å²) in [5.41, 5.74) is 0. The monoisotopic (exact) mass is 483 g/mol. The first-order valence-electron chi connectivity index (χ1n) is 11.7. The van der Waals surface area contributed by atoms with E-state index in [1.807, 2.05) is 4.90 Å². The summed E-state index contributed by atoms with van der Waals surface area (Å²) in [4.78, 5) is 19.5. The normalized spacial score (nSPS) is 25.8. The molecule has 0 aromatic carbocycles. The molecule has 1 saturated carbocycles. The zero-order valence-corrected chi connectivity index (χ0v) is 19.5. The summed E-state index contributed by atoms with van der Waals surface area (Å²) in [6.45, 7) is 2.81. The van der Waals surface area contributed by atoms with Crippen molar-refractivity contribution in [1.82, 2.24) is 14.7 Å². The molecule has 3 aliphatic rings. The predicted octanol–water partition coefficient (Wildman–Crippen LogP) is 1.92. The number of amides is 1. The Balaban J connectivity index is 1.43. The Morgan fingerprint density at radius 2 is 1.62 bits per heavy atom. The zero-order chi connectivity index (χ0) is 23.2. The Kier molecular flexibility index (Phi) is 9.23. The van der Waals surface area contributed by atoms with Crippen molar-refractivity contribution >= 4 is 15.7 Å². The molecule has 0 aromatic rings. The van der Waals surface area contributed by atoms with Gasteiger partial charge in [-0.25, -0.2) is 8.42 Å². The lowest BCUT2D eigenvalue weighted by molar-refractivity contribution is -0.174. The summed E-state index contributed by atoms with van der Waals surface area (Å²) < 4.78 is 65.0. The van der Waals surface area contributed by atoms with E-state index in [4.69, 9.17) is 0 Å². The molecule has 0 radical (unpaired) electrons. The molecule has 1 amide bonds. The topological polar surface area (TPSA) is 70.2 Å². The average molecular weight is 484 g/mol. The first kappa shape index (κ1) is 25.7. The fraction of sp³-hybridized carbons (Fsp3) is 0.952. The summed E-state index contributed by atoms with van der Waals surface area (Å²) in [5, 5.41) is 0. The fourth-order valence-electron chi connectivity index (χ4n) is 5.08. The molecule has 1 aliphatic carbocycles. The summed E-state index contributed by atoms with van der Waals surface area (Å²) >= 11 is 0. The largest absolute Gasteiger partial charge is 0.411 e. The predicted molar refractivity (Wildman–Crippen MR) is 115 cm³/mol. The van der Waals surface area contributed by atoms with E-state index in [2.05, 4.69) is 14.5 Å². The molecule has 0 aromatic heterocycles. The molecular formula is C21H36F3N3O4S. The van der Waals surface area contributed by atoms with Crippen molar-refractivity contribution < 1.29 is 31.1 Å². The lowest BCUT2D eigenvalue weighted by Gasteiger charge is -2.40. The smallest absolute Gasteiger partial charge is 0.372 e. The molecule has 1 atom stereocenters. The van der Waals surface area contributed by atoms with Crippen LogP contribution >= 0.6 is 0 Å². The van der Waals surface area contributed by atoms with Gasteiger partial charge in [0.25, 0.3) is 0 Å². The van der Waals surface area contributed by atoms with Crippen molar-refractivity contribution in [2.24, 2.45) is 0 Å². The van der Waals surface area contributed by atoms with E-state index in [1.165, 1.54) is 6.42 Å². The van der Waals surface area contributed by atoms with E-state index in [0.717, 1.165) is 51.9 Å². The lowest BCUT2D eigenvalue weighted by Crippen LogP contribution is -2.54. The summed E-state index contributed by atoms with van der Waals surface area (Å²) in [7, 11) is -3.06. The number of hydrogen-bond donors (Lipinski definition) is 0. The lowest BCUT2D eigenvalue weighted by atomic mass is 9.92. The maximum Gasteiger partial charge on any atom is 0.411 e. The number of piperazine rings is 1. The number of ether oxygens (including phenoxy) is 1. The van der Waals surface area contributed by atoms with Gasteiger partial charge >= 0.3 is 6.18 Å². The minimum absolute atomic E-state index is 0.0352. The number of carbonyl (C=O) groups excluding carboxylic acids is 1. The summed E-state index contributed by atoms with van der Waals surface area (Å²) in [5.74, 6) is 0.284. The van der Waals surface area contributed by atoms with Crippen LogP contribution < -0.4 is 0 Å². The Bertz CT molecular complexity index is 706. The van der Waals surface area contributed by atoms with Gasteiger partial charge in [0.05, 0.1) is 18.1 Å². The average Bonchev–Trinajstić information content (AvgIpc) is 3.08. The third-order valence-electron chi connectivity index (χ3n) is 6.71. The van der Waals surface area contributed by atoms with Gasteiger partial charge in [-0.1, -0.05) is 19.3 Å². The van der Waals surface area contributed by atoms with Crippen molar-refractivity contribution in [3.8, 4) is 0 Å². The van der Waals surface area contributed by atoms with Gasteiger partial charge in [-0.2, -0.15) is 13.2 Å². The highest BCUT2D eigenvalue weighted by Crippen LogP contribution is 2.28. The Morgan fingerprint density at radius 1 is 0.969 bits per heavy atom. The quantitative estimate of drug-likeness (QED) is 0.467. The van der Waals surface area contributed by atoms with Crippen molar-refractivity contribution in [3.63, 3.8) is 0 Å². The van der Waals surface area contributed by atoms with E-state index < -0.39 is 22.6 Å². The Labute approximate surface area is 189 Å². The standard InChI is InChI=1S/C21H36F3N3O4S/c22-21(23,24)17-31-13-4-8-25-9-11-26(12-10-25)15-20(28)27(18-5-2-1-3-6-18)19-7-14-32(29,30)16-19/h18-19H,1-17H2. The van der Waals surface area contributed by atoms with E-state index in [1.54, 1.807) is 0 Å². The fourth-order valence-corrected chi connectivity index (χ4v) is 6.79. The number of carbonyl (C=O) groups is 1. The van der Waals surface area contributed by atoms with Gasteiger partial charge in [0.15, 0.2) is 9.84 Å². The van der Waals surface area contributed by atoms with Crippen LogP contribution in [-0.2, 0) is 19.4 Å². The molecule has 186 valence electrons. The molecule has 2 saturated heterocycles. The minimum Gasteiger partial charge on any atom is -0.372 e. The van der Waals surface area contributed by atoms with E-state index in [-0.39, 0.29) is 36.1 Å². The van der Waals surface area contributed by atoms with Crippen LogP contribution in [-0.4, -0.2) is 111 Å². The van der Waals surface area contributed by atoms with Crippen molar-refractivity contribution in [3.05, 3.63) is 0 Å². The zero-order valence-electron chi connectivity index (χ0n) is 18.7. The summed E-state index contributed by atoms with van der Waals surface area (Å²) in [6, 6.07) is -0.0545. The maximum atomic E-state index is 13.3. The molecule has 11 heteroatoms. The second kappa shape index (κ2) is 11.5. The van der Waals surface area contributed by atoms with Gasteiger partial charge in [0.2, 0.25) is 5.91 Å². The van der Waals surface area contributed by atoms with Crippen LogP contribution in [0.3, 0.4) is 0 Å². The van der Waals surface area contributed by atoms with Crippen LogP contribution in [0.4, 0.5) is 13.2 Å². The number of nitrogens with zero attached hydrogens (tertiary/aromatic N) is 3. The van der Waals surface area contributed by atoms with Crippen LogP contribution in [0.2, 0.25) is 0 Å². The van der Waals surface area contributed by atoms with Gasteiger partial charge in [-0.15, -0.1) is 0 Å². The van der Waals surface area contributed by atoms with Gasteiger partial charge in [-0.3, -0.25) is 9.69 Å². The van der Waals surface area contributed by atoms with Crippen LogP contribution in [0, 0.1) is 0 Å². The van der Waals surface area contributed by atoms with Crippen LogP contribution in [0.1, 0.15) is 44.9 Å². The molecule has 7 nitrogen and oxygen atoms in total. The van der Waals surface area contributed by atoms with Crippen molar-refractivity contribution in [2.45, 2.75) is 63.2 Å². The van der Waals surface area contributed by atoms with Crippen molar-refractivity contribution in [2.75, 3.05) is 64.0 Å². The van der Waals surface area contributed by atoms with E-state index in [0.29, 0.717) is 25.9 Å². The third kappa shape index (κ3) is 8.14. The van der Waals surface area contributed by atoms with E-state index >= 15 is 0 Å². The molecule has 3 fully saturated rings. The second-order valence-corrected chi connectivity index (χ2v) is 11.5. The van der Waals surface area contributed by atoms with Gasteiger partial charge < -0.3 is 14.5 Å². The highest BCUT2D eigenvalue weighted by atomic mass is 32.2. The highest BCUT2D eigenvalue weighted by Gasteiger charge is 2.39. The first-order valence-corrected chi connectivity index (χ1v) is 13.6. The van der Waals surface area contributed by atoms with Crippen LogP contribution in [0.25, 0.3) is 0 Å². The van der Waals surface area contributed by atoms with Crippen molar-refractivity contribution in [1.29, 1.82) is 0 Å². The molecule has 2 heterocycles. The minimum atomic E-state index is -4.29. The number of halogens is 3. The van der Waals surface area contributed by atoms with Crippen LogP contribution in [0.5, 0.6) is 0 Å². The molecule has 0 N–H and O–H groups in total. The van der Waals surface area contributed by atoms with Gasteiger partial charge in [0, 0.05) is 51.4 Å². The number of sulfone groups is 1. The third-order valence-corrected chi connectivity index (χ3v) is 8.46. The number of rotatable bonds is 9. The Hall–Kier alpha value is -0.910. The molecule has 0 spiro atoms. The molecule has 1 unspecified atom stereocenters. The van der Waals surface area contributed by atoms with E-state index in [9.17, 15) is 26.4 Å². The number of hydrogen-bond acceptors (Lipinski definition) is 6. The van der Waals surface area contributed by atoms with Crippen LogP contribution in [0.15, 0.2) is 0 Å². The maximum absolute atomic E-state index is 13.3. The van der Waals surface area contributed by atoms with Gasteiger partial charge in [-0.05, 0) is 25.7 Å². The highest BCUT2D eigenvalue weighted by molar-refractivity contribution is 7.91. The molecule has 32 heavy (non-hydrogen) atoms. The second-order valence-electron chi connectivity index (χ2n) is 9.29. The van der Waals surface area contributed by atoms with Gasteiger partial charge in [0.1, 0.15) is 6.61 Å². The summed E-state index contributed by atoms with van der Waals surface area (Å²) in [6.07, 6.45) is 2.03.